The molecular formula is C25H24O8. The molecule has 33 heavy (non-hydrogen) atoms. The molecule has 8 nitrogen and oxygen atoms in total. The highest BCUT2D eigenvalue weighted by Gasteiger charge is 2.46. The van der Waals surface area contributed by atoms with E-state index in [1.54, 1.807) is 60.7 Å². The molecule has 172 valence electrons. The molecule has 2 aromatic carbocycles. The maximum atomic E-state index is 12.5. The van der Waals surface area contributed by atoms with E-state index in [1.165, 1.54) is 12.2 Å². The Labute approximate surface area is 191 Å². The van der Waals surface area contributed by atoms with Gasteiger partial charge >= 0.3 is 23.9 Å². The van der Waals surface area contributed by atoms with Gasteiger partial charge in [0, 0.05) is 0 Å². The third-order valence-electron chi connectivity index (χ3n) is 4.65. The van der Waals surface area contributed by atoms with Crippen molar-refractivity contribution in [3.63, 3.8) is 0 Å². The molecule has 0 saturated carbocycles. The molecule has 0 unspecified atom stereocenters. The molecule has 8 heteroatoms. The lowest BCUT2D eigenvalue weighted by Crippen LogP contribution is -2.40. The van der Waals surface area contributed by atoms with Crippen LogP contribution in [-0.4, -0.2) is 38.1 Å². The number of methoxy groups -OCH3 is 2. The van der Waals surface area contributed by atoms with E-state index in [9.17, 15) is 19.2 Å². The van der Waals surface area contributed by atoms with Crippen molar-refractivity contribution in [3.8, 4) is 0 Å². The van der Waals surface area contributed by atoms with Gasteiger partial charge in [-0.15, -0.1) is 0 Å². The summed E-state index contributed by atoms with van der Waals surface area (Å²) >= 11 is 0. The van der Waals surface area contributed by atoms with Gasteiger partial charge in [-0.25, -0.2) is 9.59 Å². The van der Waals surface area contributed by atoms with E-state index in [0.29, 0.717) is 11.1 Å². The van der Waals surface area contributed by atoms with Crippen molar-refractivity contribution < 1.29 is 38.1 Å². The van der Waals surface area contributed by atoms with E-state index < -0.39 is 29.3 Å². The maximum absolute atomic E-state index is 12.5. The van der Waals surface area contributed by atoms with Crippen LogP contribution in [0, 0.1) is 5.41 Å². The number of benzene rings is 2. The van der Waals surface area contributed by atoms with Gasteiger partial charge in [0.25, 0.3) is 0 Å². The highest BCUT2D eigenvalue weighted by molar-refractivity contribution is 6.00. The van der Waals surface area contributed by atoms with Gasteiger partial charge < -0.3 is 18.9 Å². The minimum absolute atomic E-state index is 0.189. The first-order valence-corrected chi connectivity index (χ1v) is 9.93. The summed E-state index contributed by atoms with van der Waals surface area (Å²) in [4.78, 5) is 49.1. The first-order valence-electron chi connectivity index (χ1n) is 9.93. The van der Waals surface area contributed by atoms with E-state index >= 15 is 0 Å². The van der Waals surface area contributed by atoms with Gasteiger partial charge in [0.05, 0.1) is 37.9 Å². The highest BCUT2D eigenvalue weighted by atomic mass is 16.5. The summed E-state index contributed by atoms with van der Waals surface area (Å²) in [6.07, 6.45) is 4.50. The Kier molecular flexibility index (Phi) is 9.57. The van der Waals surface area contributed by atoms with E-state index in [-0.39, 0.29) is 12.8 Å². The normalized spacial score (nSPS) is 11.2. The molecule has 0 heterocycles. The number of allylic oxidation sites excluding steroid dienone is 2. The second kappa shape index (κ2) is 12.6. The summed E-state index contributed by atoms with van der Waals surface area (Å²) in [7, 11) is 2.27. The summed E-state index contributed by atoms with van der Waals surface area (Å²) in [6, 6.07) is 16.6. The Bertz CT molecular complexity index is 926. The lowest BCUT2D eigenvalue weighted by atomic mass is 9.81. The van der Waals surface area contributed by atoms with Crippen LogP contribution in [0.4, 0.5) is 0 Å². The Morgan fingerprint density at radius 1 is 0.667 bits per heavy atom. The minimum atomic E-state index is -1.77. The van der Waals surface area contributed by atoms with E-state index in [2.05, 4.69) is 0 Å². The summed E-state index contributed by atoms with van der Waals surface area (Å²) in [6.45, 7) is 0. The number of esters is 4. The van der Waals surface area contributed by atoms with Gasteiger partial charge in [0.2, 0.25) is 0 Å². The van der Waals surface area contributed by atoms with Crippen molar-refractivity contribution in [1.82, 2.24) is 0 Å². The van der Waals surface area contributed by atoms with E-state index in [0.717, 1.165) is 26.7 Å². The molecule has 0 saturated heterocycles. The number of hydrogen-bond acceptors (Lipinski definition) is 8. The zero-order chi connectivity index (χ0) is 24.1. The topological polar surface area (TPSA) is 105 Å². The molecule has 0 aliphatic carbocycles. The van der Waals surface area contributed by atoms with Crippen molar-refractivity contribution in [2.75, 3.05) is 14.2 Å². The van der Waals surface area contributed by atoms with E-state index in [1.807, 2.05) is 0 Å². The van der Waals surface area contributed by atoms with Crippen LogP contribution in [0.2, 0.25) is 0 Å². The molecule has 0 aliphatic rings. The quantitative estimate of drug-likeness (QED) is 0.232. The van der Waals surface area contributed by atoms with Gasteiger partial charge in [-0.05, 0) is 49.3 Å². The first kappa shape index (κ1) is 25.1. The zero-order valence-electron chi connectivity index (χ0n) is 18.3. The van der Waals surface area contributed by atoms with Crippen LogP contribution in [-0.2, 0) is 28.5 Å². The van der Waals surface area contributed by atoms with Crippen LogP contribution in [0.5, 0.6) is 0 Å². The lowest BCUT2D eigenvalue weighted by molar-refractivity contribution is -0.168. The van der Waals surface area contributed by atoms with Crippen LogP contribution >= 0.6 is 0 Å². The second-order valence-electron chi connectivity index (χ2n) is 6.76. The number of carbonyl (C=O) groups is 4. The number of hydrogen-bond donors (Lipinski definition) is 0. The van der Waals surface area contributed by atoms with Gasteiger partial charge in [0.15, 0.2) is 5.41 Å². The molecule has 0 bridgehead atoms. The summed E-state index contributed by atoms with van der Waals surface area (Å²) in [5.74, 6) is -2.90. The van der Waals surface area contributed by atoms with Crippen molar-refractivity contribution in [3.05, 3.63) is 96.5 Å². The third-order valence-corrected chi connectivity index (χ3v) is 4.65. The molecule has 0 fully saturated rings. The van der Waals surface area contributed by atoms with Crippen LogP contribution in [0.15, 0.2) is 85.3 Å². The third kappa shape index (κ3) is 6.90. The van der Waals surface area contributed by atoms with Gasteiger partial charge in [-0.3, -0.25) is 9.59 Å². The van der Waals surface area contributed by atoms with Crippen molar-refractivity contribution in [2.24, 2.45) is 5.41 Å². The molecule has 0 aromatic heterocycles. The smallest absolute Gasteiger partial charge is 0.342 e. The maximum Gasteiger partial charge on any atom is 0.342 e. The van der Waals surface area contributed by atoms with Crippen LogP contribution in [0.1, 0.15) is 33.6 Å². The number of carbonyl (C=O) groups excluding carboxylic acids is 4. The molecule has 2 aromatic rings. The van der Waals surface area contributed by atoms with Crippen molar-refractivity contribution in [1.29, 1.82) is 0 Å². The van der Waals surface area contributed by atoms with Crippen molar-refractivity contribution in [2.45, 2.75) is 12.8 Å². The SMILES string of the molecule is COC(=O)C(C/C=C/OC(=O)c1ccccc1)(C/C=C/OC(=O)c1ccccc1)C(=O)OC. The van der Waals surface area contributed by atoms with Crippen molar-refractivity contribution >= 4 is 23.9 Å². The Hall–Kier alpha value is -4.20. The Morgan fingerprint density at radius 3 is 1.36 bits per heavy atom. The first-order chi connectivity index (χ1) is 15.9. The fraction of sp³-hybridized carbons (Fsp3) is 0.200. The average Bonchev–Trinajstić information content (AvgIpc) is 2.87. The fourth-order valence-corrected chi connectivity index (χ4v) is 2.89. The summed E-state index contributed by atoms with van der Waals surface area (Å²) in [5, 5.41) is 0. The van der Waals surface area contributed by atoms with Crippen LogP contribution in [0.25, 0.3) is 0 Å². The molecule has 0 aliphatic heterocycles. The fourth-order valence-electron chi connectivity index (χ4n) is 2.89. The Balaban J connectivity index is 2.09. The van der Waals surface area contributed by atoms with Gasteiger partial charge in [-0.1, -0.05) is 36.4 Å². The predicted molar refractivity (Wildman–Crippen MR) is 118 cm³/mol. The highest BCUT2D eigenvalue weighted by Crippen LogP contribution is 2.31. The van der Waals surface area contributed by atoms with E-state index in [4.69, 9.17) is 18.9 Å². The standard InChI is InChI=1S/C25H24O8/c1-30-23(28)25(24(29)31-2,15-9-17-32-21(26)19-11-5-3-6-12-19)16-10-18-33-22(27)20-13-7-4-8-14-20/h3-14,17-18H,15-16H2,1-2H3/b17-9+,18-10+. The van der Waals surface area contributed by atoms with Crippen LogP contribution < -0.4 is 0 Å². The number of rotatable bonds is 10. The molecule has 0 atom stereocenters. The molecular weight excluding hydrogens is 428 g/mol. The van der Waals surface area contributed by atoms with Gasteiger partial charge in [-0.2, -0.15) is 0 Å². The predicted octanol–water partition coefficient (Wildman–Crippen LogP) is 3.84. The zero-order valence-corrected chi connectivity index (χ0v) is 18.3. The average molecular weight is 452 g/mol. The molecule has 0 radical (unpaired) electrons. The lowest BCUT2D eigenvalue weighted by Gasteiger charge is -2.25. The molecule has 0 spiro atoms. The summed E-state index contributed by atoms with van der Waals surface area (Å²) < 4.78 is 19.7. The molecule has 0 amide bonds. The monoisotopic (exact) mass is 452 g/mol. The Morgan fingerprint density at radius 2 is 1.03 bits per heavy atom. The largest absolute Gasteiger partial charge is 0.468 e. The second-order valence-corrected chi connectivity index (χ2v) is 6.76. The van der Waals surface area contributed by atoms with Gasteiger partial charge in [0.1, 0.15) is 0 Å². The number of ether oxygens (including phenoxy) is 4. The molecule has 2 rings (SSSR count). The summed E-state index contributed by atoms with van der Waals surface area (Å²) in [5.41, 5.74) is -1.08. The minimum Gasteiger partial charge on any atom is -0.468 e. The molecule has 0 N–H and O–H groups in total. The van der Waals surface area contributed by atoms with Crippen LogP contribution in [0.3, 0.4) is 0 Å².